The molecule has 1 unspecified atom stereocenters. The smallest absolute Gasteiger partial charge is 0.339 e. The van der Waals surface area contributed by atoms with Gasteiger partial charge in [-0.25, -0.2) is 4.79 Å². The van der Waals surface area contributed by atoms with Crippen molar-refractivity contribution in [3.05, 3.63) is 126 Å². The van der Waals surface area contributed by atoms with E-state index < -0.39 is 5.97 Å². The van der Waals surface area contributed by atoms with E-state index in [-0.39, 0.29) is 24.1 Å². The molecule has 1 amide bonds. The summed E-state index contributed by atoms with van der Waals surface area (Å²) in [5, 5.41) is 12.6. The highest BCUT2D eigenvalue weighted by molar-refractivity contribution is 5.94. The van der Waals surface area contributed by atoms with Gasteiger partial charge in [0, 0.05) is 17.8 Å². The number of carbonyl (C=O) groups excluding carboxylic acids is 1. The molecular weight excluding hydrogens is 416 g/mol. The Morgan fingerprint density at radius 2 is 1.45 bits per heavy atom. The molecule has 1 aromatic heterocycles. The number of carboxylic acids is 1. The van der Waals surface area contributed by atoms with Crippen molar-refractivity contribution in [2.24, 2.45) is 0 Å². The lowest BCUT2D eigenvalue weighted by molar-refractivity contribution is 0.0694. The standard InChI is InChI=1S/C27H24N2O4/c30-26(21-12-6-2-7-13-21)28-18-24(20-10-4-1-5-11-20)29(22-14-8-3-9-15-22)19-25-23(27(31)32)16-17-33-25/h1-17,24H,18-19H2,(H,28,30)(H,31,32). The van der Waals surface area contributed by atoms with Crippen LogP contribution in [0.15, 0.2) is 108 Å². The predicted octanol–water partition coefficient (Wildman–Crippen LogP) is 5.16. The van der Waals surface area contributed by atoms with Crippen molar-refractivity contribution >= 4 is 17.6 Å². The maximum absolute atomic E-state index is 12.8. The molecule has 0 bridgehead atoms. The Bertz CT molecular complexity index is 1190. The molecule has 2 N–H and O–H groups in total. The summed E-state index contributed by atoms with van der Waals surface area (Å²) < 4.78 is 5.55. The lowest BCUT2D eigenvalue weighted by Crippen LogP contribution is -2.38. The SMILES string of the molecule is O=C(NCC(c1ccccc1)N(Cc1occc1C(=O)O)c1ccccc1)c1ccccc1. The molecule has 0 spiro atoms. The highest BCUT2D eigenvalue weighted by Gasteiger charge is 2.25. The van der Waals surface area contributed by atoms with Gasteiger partial charge in [0.05, 0.1) is 18.8 Å². The number of aromatic carboxylic acids is 1. The van der Waals surface area contributed by atoms with E-state index in [0.717, 1.165) is 11.3 Å². The summed E-state index contributed by atoms with van der Waals surface area (Å²) in [4.78, 5) is 26.5. The predicted molar refractivity (Wildman–Crippen MR) is 126 cm³/mol. The maximum Gasteiger partial charge on any atom is 0.339 e. The van der Waals surface area contributed by atoms with Gasteiger partial charge in [0.25, 0.3) is 5.91 Å². The summed E-state index contributed by atoms with van der Waals surface area (Å²) in [6.07, 6.45) is 1.39. The minimum atomic E-state index is -1.04. The third-order valence-electron chi connectivity index (χ3n) is 5.43. The number of nitrogens with one attached hydrogen (secondary N) is 1. The van der Waals surface area contributed by atoms with Gasteiger partial charge in [0.1, 0.15) is 11.3 Å². The maximum atomic E-state index is 12.8. The molecule has 0 fully saturated rings. The molecule has 3 aromatic carbocycles. The van der Waals surface area contributed by atoms with Crippen molar-refractivity contribution in [3.8, 4) is 0 Å². The van der Waals surface area contributed by atoms with Crippen molar-refractivity contribution in [2.75, 3.05) is 11.4 Å². The molecule has 4 aromatic rings. The summed E-state index contributed by atoms with van der Waals surface area (Å²) >= 11 is 0. The topological polar surface area (TPSA) is 82.8 Å². The van der Waals surface area contributed by atoms with Gasteiger partial charge in [-0.3, -0.25) is 4.79 Å². The van der Waals surface area contributed by atoms with E-state index in [2.05, 4.69) is 5.32 Å². The summed E-state index contributed by atoms with van der Waals surface area (Å²) in [6.45, 7) is 0.537. The Hall–Kier alpha value is -4.32. The van der Waals surface area contributed by atoms with Gasteiger partial charge in [0.15, 0.2) is 0 Å². The molecule has 1 heterocycles. The molecule has 6 nitrogen and oxygen atoms in total. The van der Waals surface area contributed by atoms with E-state index in [1.807, 2.05) is 83.8 Å². The normalized spacial score (nSPS) is 11.5. The Morgan fingerprint density at radius 3 is 2.09 bits per heavy atom. The number of carboxylic acid groups (broad SMARTS) is 1. The molecule has 0 radical (unpaired) electrons. The van der Waals surface area contributed by atoms with Crippen LogP contribution in [-0.2, 0) is 6.54 Å². The van der Waals surface area contributed by atoms with Crippen molar-refractivity contribution < 1.29 is 19.1 Å². The second kappa shape index (κ2) is 10.3. The minimum Gasteiger partial charge on any atom is -0.478 e. The van der Waals surface area contributed by atoms with Gasteiger partial charge in [-0.05, 0) is 35.9 Å². The number of para-hydroxylation sites is 1. The first kappa shape index (κ1) is 21.9. The Labute approximate surface area is 192 Å². The zero-order valence-corrected chi connectivity index (χ0v) is 17.9. The molecule has 33 heavy (non-hydrogen) atoms. The van der Waals surface area contributed by atoms with Crippen LogP contribution in [0.5, 0.6) is 0 Å². The Balaban J connectivity index is 1.69. The van der Waals surface area contributed by atoms with E-state index >= 15 is 0 Å². The van der Waals surface area contributed by atoms with Gasteiger partial charge in [-0.2, -0.15) is 0 Å². The lowest BCUT2D eigenvalue weighted by Gasteiger charge is -2.34. The Morgan fingerprint density at radius 1 is 0.848 bits per heavy atom. The second-order valence-electron chi connectivity index (χ2n) is 7.53. The number of anilines is 1. The van der Waals surface area contributed by atoms with Crippen LogP contribution in [0.4, 0.5) is 5.69 Å². The number of nitrogens with zero attached hydrogens (tertiary/aromatic N) is 1. The molecular formula is C27H24N2O4. The molecule has 0 saturated carbocycles. The van der Waals surface area contributed by atoms with Crippen LogP contribution >= 0.6 is 0 Å². The number of benzene rings is 3. The molecule has 0 aliphatic rings. The van der Waals surface area contributed by atoms with Crippen LogP contribution in [0.2, 0.25) is 0 Å². The third kappa shape index (κ3) is 5.30. The van der Waals surface area contributed by atoms with E-state index in [0.29, 0.717) is 17.9 Å². The molecule has 166 valence electrons. The van der Waals surface area contributed by atoms with Gasteiger partial charge in [-0.1, -0.05) is 66.7 Å². The van der Waals surface area contributed by atoms with Gasteiger partial charge in [-0.15, -0.1) is 0 Å². The highest BCUT2D eigenvalue weighted by atomic mass is 16.4. The number of hydrogen-bond donors (Lipinski definition) is 2. The summed E-state index contributed by atoms with van der Waals surface area (Å²) in [5.41, 5.74) is 2.57. The van der Waals surface area contributed by atoms with Crippen LogP contribution in [-0.4, -0.2) is 23.5 Å². The Kier molecular flexibility index (Phi) is 6.85. The minimum absolute atomic E-state index is 0.121. The molecule has 0 saturated heterocycles. The first-order chi connectivity index (χ1) is 16.1. The largest absolute Gasteiger partial charge is 0.478 e. The van der Waals surface area contributed by atoms with E-state index in [1.54, 1.807) is 12.1 Å². The van der Waals surface area contributed by atoms with Crippen LogP contribution in [0.25, 0.3) is 0 Å². The molecule has 0 aliphatic carbocycles. The fourth-order valence-corrected chi connectivity index (χ4v) is 3.77. The van der Waals surface area contributed by atoms with Gasteiger partial charge < -0.3 is 19.7 Å². The first-order valence-electron chi connectivity index (χ1n) is 10.6. The fourth-order valence-electron chi connectivity index (χ4n) is 3.77. The van der Waals surface area contributed by atoms with Crippen molar-refractivity contribution in [1.82, 2.24) is 5.32 Å². The zero-order chi connectivity index (χ0) is 23.0. The second-order valence-corrected chi connectivity index (χ2v) is 7.53. The number of furan rings is 1. The van der Waals surface area contributed by atoms with Crippen molar-refractivity contribution in [1.29, 1.82) is 0 Å². The van der Waals surface area contributed by atoms with E-state index in [4.69, 9.17) is 4.42 Å². The van der Waals surface area contributed by atoms with Crippen molar-refractivity contribution in [3.63, 3.8) is 0 Å². The van der Waals surface area contributed by atoms with Crippen LogP contribution < -0.4 is 10.2 Å². The quantitative estimate of drug-likeness (QED) is 0.376. The van der Waals surface area contributed by atoms with E-state index in [9.17, 15) is 14.7 Å². The molecule has 6 heteroatoms. The zero-order valence-electron chi connectivity index (χ0n) is 17.9. The summed E-state index contributed by atoms with van der Waals surface area (Å²) in [7, 11) is 0. The lowest BCUT2D eigenvalue weighted by atomic mass is 10.0. The molecule has 4 rings (SSSR count). The summed E-state index contributed by atoms with van der Waals surface area (Å²) in [5.74, 6) is -0.865. The molecule has 1 atom stereocenters. The molecule has 0 aliphatic heterocycles. The number of rotatable bonds is 9. The third-order valence-corrected chi connectivity index (χ3v) is 5.43. The first-order valence-corrected chi connectivity index (χ1v) is 10.6. The fraction of sp³-hybridized carbons (Fsp3) is 0.111. The average molecular weight is 440 g/mol. The van der Waals surface area contributed by atoms with Crippen molar-refractivity contribution in [2.45, 2.75) is 12.6 Å². The van der Waals surface area contributed by atoms with Crippen LogP contribution in [0, 0.1) is 0 Å². The number of amides is 1. The van der Waals surface area contributed by atoms with E-state index in [1.165, 1.54) is 12.3 Å². The average Bonchev–Trinajstić information content (AvgIpc) is 3.34. The monoisotopic (exact) mass is 440 g/mol. The van der Waals surface area contributed by atoms with Gasteiger partial charge in [0.2, 0.25) is 0 Å². The summed E-state index contributed by atoms with van der Waals surface area (Å²) in [6, 6.07) is 29.7. The van der Waals surface area contributed by atoms with Gasteiger partial charge >= 0.3 is 5.97 Å². The van der Waals surface area contributed by atoms with Crippen LogP contribution in [0.1, 0.15) is 38.1 Å². The number of hydrogen-bond acceptors (Lipinski definition) is 4. The number of carbonyl (C=O) groups is 2. The van der Waals surface area contributed by atoms with Crippen LogP contribution in [0.3, 0.4) is 0 Å². The highest BCUT2D eigenvalue weighted by Crippen LogP contribution is 2.30.